The van der Waals surface area contributed by atoms with Crippen LogP contribution in [0.5, 0.6) is 0 Å². The number of ether oxygens (including phenoxy) is 1. The molecule has 5 atom stereocenters. The van der Waals surface area contributed by atoms with Crippen molar-refractivity contribution in [2.45, 2.75) is 116 Å². The van der Waals surface area contributed by atoms with Gasteiger partial charge in [0.1, 0.15) is 5.82 Å². The summed E-state index contributed by atoms with van der Waals surface area (Å²) < 4.78 is 21.3. The predicted molar refractivity (Wildman–Crippen MR) is 133 cm³/mol. The zero-order chi connectivity index (χ0) is 22.3. The summed E-state index contributed by atoms with van der Waals surface area (Å²) in [6, 6.07) is 4.33. The number of hydrogen-bond donors (Lipinski definition) is 0. The van der Waals surface area contributed by atoms with Crippen LogP contribution >= 0.6 is 0 Å². The van der Waals surface area contributed by atoms with Crippen LogP contribution in [-0.2, 0) is 17.6 Å². The van der Waals surface area contributed by atoms with E-state index in [4.69, 9.17) is 4.74 Å². The molecule has 2 fully saturated rings. The van der Waals surface area contributed by atoms with Crippen LogP contribution < -0.4 is 0 Å². The van der Waals surface area contributed by atoms with E-state index in [1.54, 1.807) is 0 Å². The van der Waals surface area contributed by atoms with Gasteiger partial charge in [-0.2, -0.15) is 0 Å². The van der Waals surface area contributed by atoms with Gasteiger partial charge in [0.05, 0.1) is 12.7 Å². The Kier molecular flexibility index (Phi) is 8.86. The van der Waals surface area contributed by atoms with Gasteiger partial charge in [-0.1, -0.05) is 57.2 Å². The number of allylic oxidation sites excluding steroid dienone is 1. The Morgan fingerprint density at radius 3 is 2.69 bits per heavy atom. The number of benzene rings is 1. The first-order valence-corrected chi connectivity index (χ1v) is 13.7. The Labute approximate surface area is 196 Å². The van der Waals surface area contributed by atoms with Crippen molar-refractivity contribution in [2.75, 3.05) is 6.61 Å². The van der Waals surface area contributed by atoms with Gasteiger partial charge in [-0.3, -0.25) is 0 Å². The molecule has 178 valence electrons. The van der Waals surface area contributed by atoms with Crippen LogP contribution in [0.4, 0.5) is 4.39 Å². The molecule has 5 unspecified atom stereocenters. The summed E-state index contributed by atoms with van der Waals surface area (Å²) in [4.78, 5) is 0. The van der Waals surface area contributed by atoms with E-state index in [1.165, 1.54) is 88.2 Å². The maximum atomic E-state index is 15.2. The Bertz CT molecular complexity index is 753. The Morgan fingerprint density at radius 1 is 1.00 bits per heavy atom. The third-order valence-electron chi connectivity index (χ3n) is 8.79. The van der Waals surface area contributed by atoms with Crippen LogP contribution in [-0.4, -0.2) is 12.7 Å². The molecule has 0 aliphatic heterocycles. The second-order valence-electron chi connectivity index (χ2n) is 11.0. The molecule has 0 bridgehead atoms. The van der Waals surface area contributed by atoms with Gasteiger partial charge in [-0.15, -0.1) is 0 Å². The average Bonchev–Trinajstić information content (AvgIpc) is 2.82. The van der Waals surface area contributed by atoms with Crippen LogP contribution in [0.2, 0.25) is 0 Å². The lowest BCUT2D eigenvalue weighted by Crippen LogP contribution is -2.34. The first-order chi connectivity index (χ1) is 15.7. The number of aryl methyl sites for hydroxylation is 1. The second-order valence-corrected chi connectivity index (χ2v) is 11.0. The molecule has 32 heavy (non-hydrogen) atoms. The van der Waals surface area contributed by atoms with Gasteiger partial charge in [0.2, 0.25) is 0 Å². The Morgan fingerprint density at radius 2 is 1.84 bits per heavy atom. The highest BCUT2D eigenvalue weighted by Crippen LogP contribution is 2.47. The van der Waals surface area contributed by atoms with Crippen molar-refractivity contribution in [3.8, 4) is 0 Å². The fourth-order valence-electron chi connectivity index (χ4n) is 6.85. The largest absolute Gasteiger partial charge is 0.374 e. The van der Waals surface area contributed by atoms with Crippen molar-refractivity contribution >= 4 is 0 Å². The molecule has 2 heteroatoms. The molecule has 1 nitrogen and oxygen atoms in total. The van der Waals surface area contributed by atoms with Crippen molar-refractivity contribution in [1.29, 1.82) is 0 Å². The summed E-state index contributed by atoms with van der Waals surface area (Å²) >= 11 is 0. The van der Waals surface area contributed by atoms with E-state index in [2.05, 4.69) is 32.1 Å². The molecule has 3 aliphatic carbocycles. The number of fused-ring (bicyclic) bond motifs is 2. The fourth-order valence-corrected chi connectivity index (χ4v) is 6.85. The van der Waals surface area contributed by atoms with Gasteiger partial charge in [0.25, 0.3) is 0 Å². The summed E-state index contributed by atoms with van der Waals surface area (Å²) in [7, 11) is 0. The monoisotopic (exact) mass is 440 g/mol. The van der Waals surface area contributed by atoms with Gasteiger partial charge in [0, 0.05) is 0 Å². The zero-order valence-electron chi connectivity index (χ0n) is 20.6. The molecule has 1 aromatic carbocycles. The summed E-state index contributed by atoms with van der Waals surface area (Å²) in [6.45, 7) is 5.08. The third-order valence-corrected chi connectivity index (χ3v) is 8.79. The number of rotatable bonds is 9. The molecular formula is C30H45FO. The molecule has 0 heterocycles. The summed E-state index contributed by atoms with van der Waals surface area (Å²) in [5.74, 6) is 2.97. The lowest BCUT2D eigenvalue weighted by atomic mass is 9.65. The maximum absolute atomic E-state index is 15.2. The smallest absolute Gasteiger partial charge is 0.126 e. The van der Waals surface area contributed by atoms with E-state index in [9.17, 15) is 0 Å². The van der Waals surface area contributed by atoms with Crippen LogP contribution in [0.15, 0.2) is 24.3 Å². The van der Waals surface area contributed by atoms with Crippen molar-refractivity contribution in [3.05, 3.63) is 46.8 Å². The Balaban J connectivity index is 1.32. The van der Waals surface area contributed by atoms with Gasteiger partial charge >= 0.3 is 0 Å². The zero-order valence-corrected chi connectivity index (χ0v) is 20.6. The van der Waals surface area contributed by atoms with Crippen molar-refractivity contribution < 1.29 is 9.13 Å². The van der Waals surface area contributed by atoms with E-state index in [0.717, 1.165) is 36.8 Å². The lowest BCUT2D eigenvalue weighted by Gasteiger charge is -2.42. The molecule has 0 radical (unpaired) electrons. The van der Waals surface area contributed by atoms with Gasteiger partial charge in [-0.25, -0.2) is 4.39 Å². The molecule has 0 aromatic heterocycles. The summed E-state index contributed by atoms with van der Waals surface area (Å²) in [5, 5.41) is 0. The van der Waals surface area contributed by atoms with E-state index < -0.39 is 0 Å². The summed E-state index contributed by atoms with van der Waals surface area (Å²) in [6.07, 6.45) is 22.0. The third kappa shape index (κ3) is 6.04. The first kappa shape index (κ1) is 24.0. The Hall–Kier alpha value is -1.15. The quantitative estimate of drug-likeness (QED) is 0.276. The number of halogens is 1. The molecule has 2 saturated carbocycles. The van der Waals surface area contributed by atoms with Gasteiger partial charge in [0.15, 0.2) is 0 Å². The maximum Gasteiger partial charge on any atom is 0.126 e. The molecule has 0 amide bonds. The molecule has 0 N–H and O–H groups in total. The molecule has 0 spiro atoms. The minimum absolute atomic E-state index is 0.0963. The highest BCUT2D eigenvalue weighted by Gasteiger charge is 2.36. The van der Waals surface area contributed by atoms with E-state index >= 15 is 4.39 Å². The molecule has 0 saturated heterocycles. The highest BCUT2D eigenvalue weighted by molar-refractivity contribution is 5.37. The average molecular weight is 441 g/mol. The van der Waals surface area contributed by atoms with E-state index in [-0.39, 0.29) is 5.82 Å². The highest BCUT2D eigenvalue weighted by atomic mass is 19.1. The molecule has 1 aromatic rings. The second kappa shape index (κ2) is 11.8. The minimum atomic E-state index is 0.0963. The number of hydrogen-bond acceptors (Lipinski definition) is 1. The lowest BCUT2D eigenvalue weighted by molar-refractivity contribution is -0.00321. The van der Waals surface area contributed by atoms with E-state index in [0.29, 0.717) is 17.9 Å². The fraction of sp³-hybridized carbons (Fsp3) is 0.733. The molecule has 4 rings (SSSR count). The molecular weight excluding hydrogens is 395 g/mol. The summed E-state index contributed by atoms with van der Waals surface area (Å²) in [5.41, 5.74) is 3.67. The van der Waals surface area contributed by atoms with Crippen LogP contribution in [0.25, 0.3) is 0 Å². The van der Waals surface area contributed by atoms with Gasteiger partial charge < -0.3 is 4.74 Å². The topological polar surface area (TPSA) is 9.23 Å². The van der Waals surface area contributed by atoms with E-state index in [1.807, 2.05) is 6.07 Å². The predicted octanol–water partition coefficient (Wildman–Crippen LogP) is 8.55. The number of unbranched alkanes of at least 4 members (excludes halogenated alkanes) is 3. The normalized spacial score (nSPS) is 30.3. The van der Waals surface area contributed by atoms with Gasteiger partial charge in [-0.05, 0) is 111 Å². The van der Waals surface area contributed by atoms with Crippen molar-refractivity contribution in [2.24, 2.45) is 17.8 Å². The van der Waals surface area contributed by atoms with Crippen molar-refractivity contribution in [3.63, 3.8) is 0 Å². The standard InChI is InChI=1S/C30H45FO/c1-3-5-7-8-9-22-10-11-26-19-27(21-30(31)29(26)17-22)24-12-13-25-20-28(32-16-6-4-2)15-14-23(25)18-24/h4,6,19,21-25,28H,3,5,7-18,20H2,1-2H3/b6-4+. The molecule has 3 aliphatic rings. The van der Waals surface area contributed by atoms with Crippen molar-refractivity contribution in [1.82, 2.24) is 0 Å². The van der Waals surface area contributed by atoms with Crippen LogP contribution in [0.1, 0.15) is 114 Å². The van der Waals surface area contributed by atoms with Crippen LogP contribution in [0, 0.1) is 23.6 Å². The van der Waals surface area contributed by atoms with Crippen LogP contribution in [0.3, 0.4) is 0 Å². The first-order valence-electron chi connectivity index (χ1n) is 13.7. The minimum Gasteiger partial charge on any atom is -0.374 e. The SMILES string of the molecule is C/C=C/COC1CCC2CC(c3cc(F)c4c(c3)CCC(CCCCCC)C4)CCC2C1.